The van der Waals surface area contributed by atoms with E-state index in [9.17, 15) is 9.90 Å². The summed E-state index contributed by atoms with van der Waals surface area (Å²) in [6.45, 7) is 0.429. The summed E-state index contributed by atoms with van der Waals surface area (Å²) in [4.78, 5) is 18.3. The third kappa shape index (κ3) is 2.45. The number of carboxylic acids is 1. The lowest BCUT2D eigenvalue weighted by molar-refractivity contribution is -0.139. The van der Waals surface area contributed by atoms with Crippen LogP contribution in [0.1, 0.15) is 17.9 Å². The highest BCUT2D eigenvalue weighted by Gasteiger charge is 2.19. The summed E-state index contributed by atoms with van der Waals surface area (Å²) < 4.78 is 4.93. The maximum atomic E-state index is 11.2. The fraction of sp³-hybridized carbons (Fsp3) is 0.333. The number of H-pyrrole nitrogens is 1. The van der Waals surface area contributed by atoms with Crippen LogP contribution in [0.15, 0.2) is 24.5 Å². The standard InChI is InChI=1S/C12H14N2O3/c1-17-5-4-9(12(15)16)8-2-3-10-11(6-8)14-7-13-10/h2-3,6-7,9H,4-5H2,1H3,(H,13,14)(H,15,16). The number of carboxylic acid groups (broad SMARTS) is 1. The maximum absolute atomic E-state index is 11.2. The zero-order chi connectivity index (χ0) is 12.3. The molecule has 0 radical (unpaired) electrons. The van der Waals surface area contributed by atoms with Crippen LogP contribution in [0.4, 0.5) is 0 Å². The van der Waals surface area contributed by atoms with Gasteiger partial charge in [0.05, 0.1) is 23.3 Å². The molecule has 0 saturated carbocycles. The third-order valence-electron chi connectivity index (χ3n) is 2.76. The van der Waals surface area contributed by atoms with E-state index in [-0.39, 0.29) is 0 Å². The Morgan fingerprint density at radius 1 is 1.59 bits per heavy atom. The molecule has 0 fully saturated rings. The predicted octanol–water partition coefficient (Wildman–Crippen LogP) is 1.77. The van der Waals surface area contributed by atoms with E-state index in [1.54, 1.807) is 19.5 Å². The highest BCUT2D eigenvalue weighted by atomic mass is 16.5. The average Bonchev–Trinajstić information content (AvgIpc) is 2.76. The highest BCUT2D eigenvalue weighted by molar-refractivity contribution is 5.80. The molecule has 17 heavy (non-hydrogen) atoms. The molecule has 0 aliphatic heterocycles. The fourth-order valence-electron chi connectivity index (χ4n) is 1.84. The molecule has 0 spiro atoms. The Morgan fingerprint density at radius 2 is 2.41 bits per heavy atom. The zero-order valence-corrected chi connectivity index (χ0v) is 9.51. The van der Waals surface area contributed by atoms with Crippen molar-refractivity contribution in [2.45, 2.75) is 12.3 Å². The number of hydrogen-bond donors (Lipinski definition) is 2. The highest BCUT2D eigenvalue weighted by Crippen LogP contribution is 2.23. The van der Waals surface area contributed by atoms with E-state index in [4.69, 9.17) is 4.74 Å². The van der Waals surface area contributed by atoms with E-state index < -0.39 is 11.9 Å². The van der Waals surface area contributed by atoms with Crippen molar-refractivity contribution in [2.75, 3.05) is 13.7 Å². The largest absolute Gasteiger partial charge is 0.481 e. The summed E-state index contributed by atoms with van der Waals surface area (Å²) in [6, 6.07) is 5.46. The van der Waals surface area contributed by atoms with Crippen LogP contribution in [0.2, 0.25) is 0 Å². The SMILES string of the molecule is COCCC(C(=O)O)c1ccc2nc[nH]c2c1. The van der Waals surface area contributed by atoms with Crippen molar-refractivity contribution < 1.29 is 14.6 Å². The van der Waals surface area contributed by atoms with Crippen LogP contribution in [-0.4, -0.2) is 34.8 Å². The first kappa shape index (κ1) is 11.6. The molecule has 1 heterocycles. The molecule has 0 bridgehead atoms. The number of fused-ring (bicyclic) bond motifs is 1. The molecule has 2 rings (SSSR count). The summed E-state index contributed by atoms with van der Waals surface area (Å²) in [5.41, 5.74) is 2.46. The second-order valence-corrected chi connectivity index (χ2v) is 3.85. The van der Waals surface area contributed by atoms with E-state index in [0.29, 0.717) is 13.0 Å². The van der Waals surface area contributed by atoms with Crippen molar-refractivity contribution in [1.82, 2.24) is 9.97 Å². The molecule has 0 aliphatic carbocycles. The molecular weight excluding hydrogens is 220 g/mol. The smallest absolute Gasteiger partial charge is 0.311 e. The minimum absolute atomic E-state index is 0.429. The molecule has 1 atom stereocenters. The van der Waals surface area contributed by atoms with Gasteiger partial charge in [0.2, 0.25) is 0 Å². The van der Waals surface area contributed by atoms with Gasteiger partial charge in [-0.25, -0.2) is 4.98 Å². The molecule has 1 unspecified atom stereocenters. The molecule has 2 N–H and O–H groups in total. The molecule has 90 valence electrons. The van der Waals surface area contributed by atoms with Crippen LogP contribution in [0, 0.1) is 0 Å². The molecule has 1 aromatic heterocycles. The lowest BCUT2D eigenvalue weighted by atomic mass is 9.96. The van der Waals surface area contributed by atoms with Crippen LogP contribution in [0.25, 0.3) is 11.0 Å². The number of aromatic nitrogens is 2. The molecule has 0 aliphatic rings. The Kier molecular flexibility index (Phi) is 3.39. The van der Waals surface area contributed by atoms with Gasteiger partial charge in [0.25, 0.3) is 0 Å². The Labute approximate surface area is 98.4 Å². The minimum atomic E-state index is -0.832. The molecule has 5 heteroatoms. The number of benzene rings is 1. The Hall–Kier alpha value is -1.88. The van der Waals surface area contributed by atoms with Crippen molar-refractivity contribution >= 4 is 17.0 Å². The summed E-state index contributed by atoms with van der Waals surface area (Å²) >= 11 is 0. The fourth-order valence-corrected chi connectivity index (χ4v) is 1.84. The van der Waals surface area contributed by atoms with Gasteiger partial charge in [-0.1, -0.05) is 6.07 Å². The van der Waals surface area contributed by atoms with Gasteiger partial charge in [0.1, 0.15) is 0 Å². The summed E-state index contributed by atoms with van der Waals surface area (Å²) in [7, 11) is 1.57. The number of nitrogens with zero attached hydrogens (tertiary/aromatic N) is 1. The van der Waals surface area contributed by atoms with Crippen molar-refractivity contribution in [3.8, 4) is 0 Å². The van der Waals surface area contributed by atoms with Crippen LogP contribution in [-0.2, 0) is 9.53 Å². The number of aliphatic carboxylic acids is 1. The molecule has 2 aromatic rings. The van der Waals surface area contributed by atoms with Gasteiger partial charge in [-0.05, 0) is 24.1 Å². The van der Waals surface area contributed by atoms with E-state index in [0.717, 1.165) is 16.6 Å². The molecule has 0 saturated heterocycles. The van der Waals surface area contributed by atoms with E-state index in [1.807, 2.05) is 12.1 Å². The summed E-state index contributed by atoms with van der Waals surface area (Å²) in [5, 5.41) is 9.19. The quantitative estimate of drug-likeness (QED) is 0.826. The topological polar surface area (TPSA) is 75.2 Å². The number of imidazole rings is 1. The van der Waals surface area contributed by atoms with Crippen LogP contribution in [0.3, 0.4) is 0 Å². The lowest BCUT2D eigenvalue weighted by Crippen LogP contribution is -2.13. The van der Waals surface area contributed by atoms with Gasteiger partial charge >= 0.3 is 5.97 Å². The first-order valence-corrected chi connectivity index (χ1v) is 5.37. The predicted molar refractivity (Wildman–Crippen MR) is 63.0 cm³/mol. The molecule has 5 nitrogen and oxygen atoms in total. The lowest BCUT2D eigenvalue weighted by Gasteiger charge is -2.12. The number of methoxy groups -OCH3 is 1. The summed E-state index contributed by atoms with van der Waals surface area (Å²) in [6.07, 6.45) is 2.06. The Balaban J connectivity index is 2.30. The zero-order valence-electron chi connectivity index (χ0n) is 9.51. The first-order valence-electron chi connectivity index (χ1n) is 5.37. The molecular formula is C12H14N2O3. The molecule has 1 aromatic carbocycles. The second-order valence-electron chi connectivity index (χ2n) is 3.85. The van der Waals surface area contributed by atoms with Crippen LogP contribution < -0.4 is 0 Å². The van der Waals surface area contributed by atoms with Crippen LogP contribution in [0.5, 0.6) is 0 Å². The van der Waals surface area contributed by atoms with Crippen LogP contribution >= 0.6 is 0 Å². The van der Waals surface area contributed by atoms with Crippen molar-refractivity contribution in [3.63, 3.8) is 0 Å². The number of carbonyl (C=O) groups is 1. The van der Waals surface area contributed by atoms with E-state index in [2.05, 4.69) is 9.97 Å². The molecule has 0 amide bonds. The maximum Gasteiger partial charge on any atom is 0.311 e. The van der Waals surface area contributed by atoms with E-state index in [1.165, 1.54) is 0 Å². The number of nitrogens with one attached hydrogen (secondary N) is 1. The number of rotatable bonds is 5. The Bertz CT molecular complexity index is 521. The minimum Gasteiger partial charge on any atom is -0.481 e. The van der Waals surface area contributed by atoms with Gasteiger partial charge in [-0.15, -0.1) is 0 Å². The number of hydrogen-bond acceptors (Lipinski definition) is 3. The van der Waals surface area contributed by atoms with E-state index >= 15 is 0 Å². The van der Waals surface area contributed by atoms with Gasteiger partial charge in [0, 0.05) is 13.7 Å². The third-order valence-corrected chi connectivity index (χ3v) is 2.76. The van der Waals surface area contributed by atoms with Gasteiger partial charge in [-0.2, -0.15) is 0 Å². The normalized spacial score (nSPS) is 12.8. The second kappa shape index (κ2) is 4.97. The average molecular weight is 234 g/mol. The van der Waals surface area contributed by atoms with Gasteiger partial charge < -0.3 is 14.8 Å². The number of aromatic amines is 1. The Morgan fingerprint density at radius 3 is 3.12 bits per heavy atom. The van der Waals surface area contributed by atoms with Crippen molar-refractivity contribution in [1.29, 1.82) is 0 Å². The van der Waals surface area contributed by atoms with Gasteiger partial charge in [-0.3, -0.25) is 4.79 Å². The van der Waals surface area contributed by atoms with Crippen molar-refractivity contribution in [2.24, 2.45) is 0 Å². The monoisotopic (exact) mass is 234 g/mol. The van der Waals surface area contributed by atoms with Crippen molar-refractivity contribution in [3.05, 3.63) is 30.1 Å². The number of ether oxygens (including phenoxy) is 1. The first-order chi connectivity index (χ1) is 8.22. The van der Waals surface area contributed by atoms with Gasteiger partial charge in [0.15, 0.2) is 0 Å². The summed E-state index contributed by atoms with van der Waals surface area (Å²) in [5.74, 6) is -1.37.